The topological polar surface area (TPSA) is 9.23 Å². The summed E-state index contributed by atoms with van der Waals surface area (Å²) in [7, 11) is 0. The van der Waals surface area contributed by atoms with Gasteiger partial charge >= 0.3 is 0 Å². The van der Waals surface area contributed by atoms with Crippen molar-refractivity contribution in [3.8, 4) is 0 Å². The molecule has 0 bridgehead atoms. The Labute approximate surface area is 79.7 Å². The Morgan fingerprint density at radius 2 is 2.31 bits per heavy atom. The standard InChI is InChI=1S/C12H16O/c1-3-13-12-8-7-10-9(2)5-4-6-11(10)12/h4-6,12H,3,7-8H2,1-2H3/t12-/m1/s1. The molecule has 1 aliphatic rings. The number of aryl methyl sites for hydroxylation is 1. The van der Waals surface area contributed by atoms with E-state index >= 15 is 0 Å². The number of hydrogen-bond acceptors (Lipinski definition) is 1. The maximum Gasteiger partial charge on any atom is 0.0830 e. The molecule has 1 aliphatic carbocycles. The van der Waals surface area contributed by atoms with Crippen molar-refractivity contribution < 1.29 is 4.74 Å². The molecule has 13 heavy (non-hydrogen) atoms. The lowest BCUT2D eigenvalue weighted by molar-refractivity contribution is 0.0640. The summed E-state index contributed by atoms with van der Waals surface area (Å²) in [6, 6.07) is 6.52. The van der Waals surface area contributed by atoms with Crippen molar-refractivity contribution in [3.05, 3.63) is 34.9 Å². The van der Waals surface area contributed by atoms with Crippen LogP contribution in [0.1, 0.15) is 36.1 Å². The van der Waals surface area contributed by atoms with E-state index in [2.05, 4.69) is 32.0 Å². The van der Waals surface area contributed by atoms with E-state index in [4.69, 9.17) is 4.74 Å². The number of ether oxygens (including phenoxy) is 1. The summed E-state index contributed by atoms with van der Waals surface area (Å²) in [6.07, 6.45) is 2.71. The van der Waals surface area contributed by atoms with Gasteiger partial charge in [0.1, 0.15) is 0 Å². The zero-order valence-corrected chi connectivity index (χ0v) is 8.34. The maximum absolute atomic E-state index is 5.68. The molecule has 70 valence electrons. The molecule has 1 aromatic carbocycles. The Balaban J connectivity index is 2.32. The van der Waals surface area contributed by atoms with Gasteiger partial charge in [0.25, 0.3) is 0 Å². The first-order valence-corrected chi connectivity index (χ1v) is 5.03. The van der Waals surface area contributed by atoms with Gasteiger partial charge in [-0.2, -0.15) is 0 Å². The molecule has 0 aliphatic heterocycles. The number of benzene rings is 1. The molecular formula is C12H16O. The van der Waals surface area contributed by atoms with Gasteiger partial charge in [0.15, 0.2) is 0 Å². The largest absolute Gasteiger partial charge is 0.374 e. The molecule has 0 N–H and O–H groups in total. The molecule has 1 atom stereocenters. The van der Waals surface area contributed by atoms with E-state index in [-0.39, 0.29) is 0 Å². The minimum atomic E-state index is 0.361. The summed E-state index contributed by atoms with van der Waals surface area (Å²) in [5.74, 6) is 0. The van der Waals surface area contributed by atoms with Crippen molar-refractivity contribution in [1.29, 1.82) is 0 Å². The molecule has 2 rings (SSSR count). The highest BCUT2D eigenvalue weighted by Gasteiger charge is 2.23. The molecule has 0 saturated heterocycles. The predicted octanol–water partition coefficient (Wildman–Crippen LogP) is 3.02. The van der Waals surface area contributed by atoms with E-state index in [0.29, 0.717) is 6.10 Å². The quantitative estimate of drug-likeness (QED) is 0.673. The van der Waals surface area contributed by atoms with Crippen LogP contribution in [0.3, 0.4) is 0 Å². The van der Waals surface area contributed by atoms with Gasteiger partial charge in [-0.3, -0.25) is 0 Å². The van der Waals surface area contributed by atoms with Crippen molar-refractivity contribution in [2.24, 2.45) is 0 Å². The van der Waals surface area contributed by atoms with Crippen molar-refractivity contribution >= 4 is 0 Å². The molecule has 0 unspecified atom stereocenters. The molecule has 0 amide bonds. The summed E-state index contributed by atoms with van der Waals surface area (Å²) >= 11 is 0. The zero-order chi connectivity index (χ0) is 9.26. The minimum Gasteiger partial charge on any atom is -0.374 e. The first kappa shape index (κ1) is 8.76. The molecular weight excluding hydrogens is 160 g/mol. The molecule has 1 heteroatoms. The molecule has 0 aromatic heterocycles. The Bertz CT molecular complexity index is 304. The van der Waals surface area contributed by atoms with Crippen LogP contribution >= 0.6 is 0 Å². The van der Waals surface area contributed by atoms with Gasteiger partial charge < -0.3 is 4.74 Å². The fourth-order valence-corrected chi connectivity index (χ4v) is 2.17. The van der Waals surface area contributed by atoms with Crippen molar-refractivity contribution in [2.75, 3.05) is 6.61 Å². The minimum absolute atomic E-state index is 0.361. The third-order valence-electron chi connectivity index (χ3n) is 2.82. The van der Waals surface area contributed by atoms with E-state index < -0.39 is 0 Å². The molecule has 0 spiro atoms. The van der Waals surface area contributed by atoms with Crippen molar-refractivity contribution in [2.45, 2.75) is 32.8 Å². The average molecular weight is 176 g/mol. The fraction of sp³-hybridized carbons (Fsp3) is 0.500. The van der Waals surface area contributed by atoms with Gasteiger partial charge in [-0.15, -0.1) is 0 Å². The maximum atomic E-state index is 5.68. The predicted molar refractivity (Wildman–Crippen MR) is 53.9 cm³/mol. The number of hydrogen-bond donors (Lipinski definition) is 0. The van der Waals surface area contributed by atoms with Gasteiger partial charge in [0.05, 0.1) is 6.10 Å². The molecule has 0 saturated carbocycles. The van der Waals surface area contributed by atoms with Gasteiger partial charge in [-0.05, 0) is 43.4 Å². The number of fused-ring (bicyclic) bond motifs is 1. The van der Waals surface area contributed by atoms with Crippen LogP contribution in [0.2, 0.25) is 0 Å². The Morgan fingerprint density at radius 1 is 1.46 bits per heavy atom. The highest BCUT2D eigenvalue weighted by Crippen LogP contribution is 2.35. The third-order valence-corrected chi connectivity index (χ3v) is 2.82. The average Bonchev–Trinajstić information content (AvgIpc) is 2.51. The van der Waals surface area contributed by atoms with E-state index in [1.165, 1.54) is 23.1 Å². The van der Waals surface area contributed by atoms with Gasteiger partial charge in [-0.1, -0.05) is 18.2 Å². The van der Waals surface area contributed by atoms with E-state index in [1.807, 2.05) is 0 Å². The normalized spacial score (nSPS) is 20.3. The lowest BCUT2D eigenvalue weighted by atomic mass is 10.0. The van der Waals surface area contributed by atoms with E-state index in [1.54, 1.807) is 0 Å². The second kappa shape index (κ2) is 3.51. The summed E-state index contributed by atoms with van der Waals surface area (Å²) in [6.45, 7) is 5.07. The van der Waals surface area contributed by atoms with Crippen LogP contribution in [-0.4, -0.2) is 6.61 Å². The molecule has 0 fully saturated rings. The Kier molecular flexibility index (Phi) is 2.36. The highest BCUT2D eigenvalue weighted by molar-refractivity contribution is 5.39. The van der Waals surface area contributed by atoms with E-state index in [9.17, 15) is 0 Å². The molecule has 1 nitrogen and oxygen atoms in total. The molecule has 0 radical (unpaired) electrons. The Morgan fingerprint density at radius 3 is 3.08 bits per heavy atom. The van der Waals surface area contributed by atoms with Gasteiger partial charge in [0.2, 0.25) is 0 Å². The summed E-state index contributed by atoms with van der Waals surface area (Å²) < 4.78 is 5.68. The second-order valence-electron chi connectivity index (χ2n) is 3.63. The van der Waals surface area contributed by atoms with Crippen LogP contribution in [0, 0.1) is 6.92 Å². The fourth-order valence-electron chi connectivity index (χ4n) is 2.17. The van der Waals surface area contributed by atoms with Crippen LogP contribution in [0.5, 0.6) is 0 Å². The Hall–Kier alpha value is -0.820. The van der Waals surface area contributed by atoms with Crippen LogP contribution in [0.15, 0.2) is 18.2 Å². The zero-order valence-electron chi connectivity index (χ0n) is 8.34. The van der Waals surface area contributed by atoms with Crippen LogP contribution < -0.4 is 0 Å². The smallest absolute Gasteiger partial charge is 0.0830 e. The summed E-state index contributed by atoms with van der Waals surface area (Å²) in [5.41, 5.74) is 4.35. The van der Waals surface area contributed by atoms with Crippen LogP contribution in [-0.2, 0) is 11.2 Å². The first-order valence-electron chi connectivity index (χ1n) is 5.03. The molecule has 0 heterocycles. The second-order valence-corrected chi connectivity index (χ2v) is 3.63. The van der Waals surface area contributed by atoms with E-state index in [0.717, 1.165) is 13.0 Å². The van der Waals surface area contributed by atoms with Crippen LogP contribution in [0.25, 0.3) is 0 Å². The third kappa shape index (κ3) is 1.49. The lowest BCUT2D eigenvalue weighted by Gasteiger charge is -2.11. The SMILES string of the molecule is CCO[C@@H]1CCc2c(C)cccc21. The lowest BCUT2D eigenvalue weighted by Crippen LogP contribution is -1.99. The summed E-state index contributed by atoms with van der Waals surface area (Å²) in [4.78, 5) is 0. The molecule has 1 aromatic rings. The van der Waals surface area contributed by atoms with Crippen molar-refractivity contribution in [1.82, 2.24) is 0 Å². The van der Waals surface area contributed by atoms with Crippen molar-refractivity contribution in [3.63, 3.8) is 0 Å². The van der Waals surface area contributed by atoms with Crippen LogP contribution in [0.4, 0.5) is 0 Å². The van der Waals surface area contributed by atoms with Gasteiger partial charge in [-0.25, -0.2) is 0 Å². The highest BCUT2D eigenvalue weighted by atomic mass is 16.5. The first-order chi connectivity index (χ1) is 6.33. The monoisotopic (exact) mass is 176 g/mol. The van der Waals surface area contributed by atoms with Gasteiger partial charge in [0, 0.05) is 6.61 Å². The number of rotatable bonds is 2. The summed E-state index contributed by atoms with van der Waals surface area (Å²) in [5, 5.41) is 0.